The highest BCUT2D eigenvalue weighted by Crippen LogP contribution is 2.33. The molecule has 5 heteroatoms. The predicted octanol–water partition coefficient (Wildman–Crippen LogP) is 4.23. The lowest BCUT2D eigenvalue weighted by molar-refractivity contribution is 0.0680. The average molecular weight is 368 g/mol. The molecule has 1 amide bonds. The van der Waals surface area contributed by atoms with Crippen LogP contribution in [0.5, 0.6) is 0 Å². The van der Waals surface area contributed by atoms with Gasteiger partial charge in [-0.25, -0.2) is 0 Å². The van der Waals surface area contributed by atoms with E-state index in [4.69, 9.17) is 5.73 Å². The highest BCUT2D eigenvalue weighted by Gasteiger charge is 2.28. The lowest BCUT2D eigenvalue weighted by atomic mass is 9.90. The van der Waals surface area contributed by atoms with E-state index >= 15 is 0 Å². The number of nitrogens with two attached hydrogens (primary N) is 1. The summed E-state index contributed by atoms with van der Waals surface area (Å²) in [6.07, 6.45) is 8.56. The van der Waals surface area contributed by atoms with Crippen LogP contribution in [0.2, 0.25) is 0 Å². The molecule has 0 bridgehead atoms. The summed E-state index contributed by atoms with van der Waals surface area (Å²) in [6.45, 7) is 8.06. The summed E-state index contributed by atoms with van der Waals surface area (Å²) >= 11 is 0. The number of halogens is 1. The Morgan fingerprint density at radius 1 is 1.12 bits per heavy atom. The number of nitrogens with zero attached hydrogens (tertiary/aromatic N) is 2. The third kappa shape index (κ3) is 4.22. The van der Waals surface area contributed by atoms with Gasteiger partial charge in [-0.15, -0.1) is 12.4 Å². The Balaban J connectivity index is 0.00000225. The summed E-state index contributed by atoms with van der Waals surface area (Å²) in [5, 5.41) is 0. The van der Waals surface area contributed by atoms with E-state index < -0.39 is 0 Å². The van der Waals surface area contributed by atoms with Crippen LogP contribution in [0.1, 0.15) is 79.7 Å². The number of carbonyl (C=O) groups is 1. The van der Waals surface area contributed by atoms with E-state index in [9.17, 15) is 4.79 Å². The second-order valence-corrected chi connectivity index (χ2v) is 7.94. The monoisotopic (exact) mass is 367 g/mol. The van der Waals surface area contributed by atoms with E-state index in [2.05, 4.69) is 31.4 Å². The second-order valence-electron chi connectivity index (χ2n) is 7.94. The van der Waals surface area contributed by atoms with Crippen molar-refractivity contribution in [1.82, 2.24) is 9.47 Å². The highest BCUT2D eigenvalue weighted by molar-refractivity contribution is 5.95. The number of likely N-dealkylation sites (tertiary alicyclic amines) is 1. The topological polar surface area (TPSA) is 51.3 Å². The van der Waals surface area contributed by atoms with Gasteiger partial charge in [0.1, 0.15) is 0 Å². The van der Waals surface area contributed by atoms with Crippen molar-refractivity contribution in [3.63, 3.8) is 0 Å². The van der Waals surface area contributed by atoms with Gasteiger partial charge in [-0.3, -0.25) is 4.79 Å². The fraction of sp³-hybridized carbons (Fsp3) is 0.750. The molecule has 1 unspecified atom stereocenters. The maximum atomic E-state index is 13.0. The summed E-state index contributed by atoms with van der Waals surface area (Å²) in [5.41, 5.74) is 9.35. The maximum Gasteiger partial charge on any atom is 0.255 e. The van der Waals surface area contributed by atoms with Crippen LogP contribution >= 0.6 is 12.4 Å². The first-order chi connectivity index (χ1) is 11.5. The van der Waals surface area contributed by atoms with E-state index in [0.29, 0.717) is 12.0 Å². The van der Waals surface area contributed by atoms with Crippen LogP contribution in [0.25, 0.3) is 0 Å². The minimum atomic E-state index is 0. The summed E-state index contributed by atoms with van der Waals surface area (Å²) in [4.78, 5) is 15.1. The van der Waals surface area contributed by atoms with Gasteiger partial charge in [-0.05, 0) is 58.4 Å². The Morgan fingerprint density at radius 3 is 2.28 bits per heavy atom. The molecule has 2 heterocycles. The van der Waals surface area contributed by atoms with Crippen molar-refractivity contribution in [2.24, 2.45) is 11.7 Å². The smallest absolute Gasteiger partial charge is 0.255 e. The summed E-state index contributed by atoms with van der Waals surface area (Å²) in [7, 11) is 0. The molecule has 2 aliphatic rings. The predicted molar refractivity (Wildman–Crippen MR) is 106 cm³/mol. The minimum absolute atomic E-state index is 0. The standard InChI is InChI=1S/C20H33N3O.ClH/c1-14-13-19(16(3)23(14)18-7-5-4-6-8-18)20(24)22-11-9-17(10-12-22)15(2)21;/h13,15,17-18H,4-12,21H2,1-3H3;1H. The average Bonchev–Trinajstić information content (AvgIpc) is 2.89. The Kier molecular flexibility index (Phi) is 6.98. The van der Waals surface area contributed by atoms with Crippen molar-refractivity contribution in [2.45, 2.75) is 77.8 Å². The van der Waals surface area contributed by atoms with Crippen molar-refractivity contribution in [3.8, 4) is 0 Å². The second kappa shape index (κ2) is 8.59. The van der Waals surface area contributed by atoms with Gasteiger partial charge in [0.05, 0.1) is 5.56 Å². The van der Waals surface area contributed by atoms with Crippen molar-refractivity contribution in [1.29, 1.82) is 0 Å². The fourth-order valence-electron chi connectivity index (χ4n) is 4.69. The lowest BCUT2D eigenvalue weighted by Crippen LogP contribution is -2.42. The van der Waals surface area contributed by atoms with Gasteiger partial charge in [-0.2, -0.15) is 0 Å². The molecule has 142 valence electrons. The van der Waals surface area contributed by atoms with Gasteiger partial charge in [0.2, 0.25) is 0 Å². The van der Waals surface area contributed by atoms with E-state index in [-0.39, 0.29) is 24.4 Å². The van der Waals surface area contributed by atoms with Crippen LogP contribution in [0.3, 0.4) is 0 Å². The molecule has 3 rings (SSSR count). The molecule has 2 N–H and O–H groups in total. The van der Waals surface area contributed by atoms with Crippen LogP contribution in [0, 0.1) is 19.8 Å². The zero-order valence-corrected chi connectivity index (χ0v) is 16.8. The third-order valence-electron chi connectivity index (χ3n) is 6.23. The molecular weight excluding hydrogens is 334 g/mol. The lowest BCUT2D eigenvalue weighted by Gasteiger charge is -2.34. The largest absolute Gasteiger partial charge is 0.345 e. The zero-order valence-electron chi connectivity index (χ0n) is 16.0. The molecule has 0 radical (unpaired) electrons. The van der Waals surface area contributed by atoms with Crippen LogP contribution in [0.15, 0.2) is 6.07 Å². The van der Waals surface area contributed by atoms with Gasteiger partial charge in [0.25, 0.3) is 5.91 Å². The fourth-order valence-corrected chi connectivity index (χ4v) is 4.69. The quantitative estimate of drug-likeness (QED) is 0.868. The van der Waals surface area contributed by atoms with E-state index in [1.165, 1.54) is 43.5 Å². The molecule has 1 saturated heterocycles. The Labute approximate surface area is 158 Å². The molecule has 1 aromatic heterocycles. The number of hydrogen-bond acceptors (Lipinski definition) is 2. The number of amides is 1. The number of piperidine rings is 1. The van der Waals surface area contributed by atoms with E-state index in [1.807, 2.05) is 4.90 Å². The first-order valence-electron chi connectivity index (χ1n) is 9.72. The summed E-state index contributed by atoms with van der Waals surface area (Å²) in [6, 6.07) is 2.94. The van der Waals surface area contributed by atoms with Gasteiger partial charge in [0, 0.05) is 36.6 Å². The van der Waals surface area contributed by atoms with Crippen LogP contribution in [-0.2, 0) is 0 Å². The molecule has 0 aromatic carbocycles. The summed E-state index contributed by atoms with van der Waals surface area (Å²) in [5.74, 6) is 0.775. The summed E-state index contributed by atoms with van der Waals surface area (Å²) < 4.78 is 2.43. The SMILES string of the molecule is Cc1cc(C(=O)N2CCC(C(C)N)CC2)c(C)n1C1CCCCC1.Cl. The molecule has 1 aliphatic heterocycles. The normalized spacial score (nSPS) is 21.0. The minimum Gasteiger partial charge on any atom is -0.345 e. The highest BCUT2D eigenvalue weighted by atomic mass is 35.5. The number of carbonyl (C=O) groups excluding carboxylic acids is 1. The number of aromatic nitrogens is 1. The molecule has 1 saturated carbocycles. The van der Waals surface area contributed by atoms with Crippen LogP contribution in [-0.4, -0.2) is 34.5 Å². The van der Waals surface area contributed by atoms with Gasteiger partial charge < -0.3 is 15.2 Å². The molecule has 1 atom stereocenters. The molecule has 4 nitrogen and oxygen atoms in total. The molecule has 1 aliphatic carbocycles. The molecule has 0 spiro atoms. The number of hydrogen-bond donors (Lipinski definition) is 1. The van der Waals surface area contributed by atoms with Gasteiger partial charge >= 0.3 is 0 Å². The molecule has 25 heavy (non-hydrogen) atoms. The first-order valence-corrected chi connectivity index (χ1v) is 9.72. The Hall–Kier alpha value is -1.000. The first kappa shape index (κ1) is 20.3. The van der Waals surface area contributed by atoms with Crippen molar-refractivity contribution in [3.05, 3.63) is 23.0 Å². The molecule has 2 fully saturated rings. The van der Waals surface area contributed by atoms with Gasteiger partial charge in [-0.1, -0.05) is 19.3 Å². The maximum absolute atomic E-state index is 13.0. The van der Waals surface area contributed by atoms with Crippen molar-refractivity contribution in [2.75, 3.05) is 13.1 Å². The van der Waals surface area contributed by atoms with Gasteiger partial charge in [0.15, 0.2) is 0 Å². The number of aryl methyl sites for hydroxylation is 1. The third-order valence-corrected chi connectivity index (χ3v) is 6.23. The van der Waals surface area contributed by atoms with Crippen LogP contribution < -0.4 is 5.73 Å². The van der Waals surface area contributed by atoms with Crippen molar-refractivity contribution < 1.29 is 4.79 Å². The van der Waals surface area contributed by atoms with Crippen molar-refractivity contribution >= 4 is 18.3 Å². The molecular formula is C20H34ClN3O. The number of rotatable bonds is 3. The Bertz CT molecular complexity index is 582. The zero-order chi connectivity index (χ0) is 17.3. The van der Waals surface area contributed by atoms with E-state index in [1.54, 1.807) is 0 Å². The Morgan fingerprint density at radius 2 is 1.72 bits per heavy atom. The van der Waals surface area contributed by atoms with Crippen LogP contribution in [0.4, 0.5) is 0 Å². The van der Waals surface area contributed by atoms with E-state index in [0.717, 1.165) is 31.5 Å². The molecule has 1 aromatic rings.